The van der Waals surface area contributed by atoms with Crippen molar-refractivity contribution in [2.24, 2.45) is 0 Å². The Morgan fingerprint density at radius 3 is 2.58 bits per heavy atom. The van der Waals surface area contributed by atoms with Gasteiger partial charge in [0.25, 0.3) is 0 Å². The molecule has 26 heavy (non-hydrogen) atoms. The molecule has 1 heterocycles. The van der Waals surface area contributed by atoms with Gasteiger partial charge in [-0.05, 0) is 49.2 Å². The number of hydrogen-bond acceptors (Lipinski definition) is 5. The minimum atomic E-state index is -1.11. The fourth-order valence-corrected chi connectivity index (χ4v) is 3.63. The third kappa shape index (κ3) is 3.95. The molecule has 130 valence electrons. The topological polar surface area (TPSA) is 78.7 Å². The molecular weight excluding hydrogens is 344 g/mol. The van der Waals surface area contributed by atoms with Gasteiger partial charge in [-0.15, -0.1) is 5.10 Å². The van der Waals surface area contributed by atoms with Crippen LogP contribution in [-0.4, -0.2) is 14.4 Å². The van der Waals surface area contributed by atoms with Crippen molar-refractivity contribution in [3.8, 4) is 6.07 Å². The lowest BCUT2D eigenvalue weighted by Gasteiger charge is -2.11. The van der Waals surface area contributed by atoms with E-state index in [0.717, 1.165) is 27.4 Å². The van der Waals surface area contributed by atoms with Crippen molar-refractivity contribution in [1.29, 1.82) is 5.26 Å². The predicted octanol–water partition coefficient (Wildman–Crippen LogP) is 4.02. The van der Waals surface area contributed by atoms with Crippen LogP contribution in [0.25, 0.3) is 0 Å². The quantitative estimate of drug-likeness (QED) is 0.742. The number of nitriles is 1. The Hall–Kier alpha value is -3.04. The lowest BCUT2D eigenvalue weighted by molar-refractivity contribution is 0.682. The summed E-state index contributed by atoms with van der Waals surface area (Å²) >= 11 is 0. The summed E-state index contributed by atoms with van der Waals surface area (Å²) in [7, 11) is -1.11. The molecule has 3 rings (SSSR count). The molecule has 1 atom stereocenters. The fraction of sp³-hybridized carbons (Fsp3) is 0.150. The molecule has 6 heteroatoms. The van der Waals surface area contributed by atoms with E-state index in [9.17, 15) is 9.47 Å². The van der Waals surface area contributed by atoms with Crippen molar-refractivity contribution in [1.82, 2.24) is 10.2 Å². The smallest absolute Gasteiger partial charge is 0.171 e. The summed E-state index contributed by atoms with van der Waals surface area (Å²) < 4.78 is 12.5. The van der Waals surface area contributed by atoms with Crippen molar-refractivity contribution in [2.45, 2.75) is 24.5 Å². The van der Waals surface area contributed by atoms with E-state index in [1.54, 1.807) is 0 Å². The monoisotopic (exact) mass is 362 g/mol. The normalized spacial score (nSPS) is 11.6. The first-order valence-electron chi connectivity index (χ1n) is 8.12. The minimum absolute atomic E-state index is 0.420. The second-order valence-electron chi connectivity index (χ2n) is 5.87. The van der Waals surface area contributed by atoms with E-state index in [-0.39, 0.29) is 0 Å². The largest absolute Gasteiger partial charge is 0.338 e. The molecule has 0 spiro atoms. The van der Waals surface area contributed by atoms with Crippen molar-refractivity contribution < 1.29 is 4.21 Å². The zero-order chi connectivity index (χ0) is 18.5. The van der Waals surface area contributed by atoms with Crippen LogP contribution in [0.1, 0.15) is 22.4 Å². The fourth-order valence-electron chi connectivity index (χ4n) is 2.52. The standard InChI is InChI=1S/C20H18N4OS/c1-14-15(2)23-24-20(19(14)12-21)22-17-8-6-7-16(11-17)13-26(25)18-9-4-3-5-10-18/h3-11H,13H2,1-2H3,(H,22,24). The molecular formula is C20H18N4OS. The summed E-state index contributed by atoms with van der Waals surface area (Å²) in [5.41, 5.74) is 3.75. The molecule has 0 amide bonds. The zero-order valence-corrected chi connectivity index (χ0v) is 15.4. The highest BCUT2D eigenvalue weighted by molar-refractivity contribution is 7.84. The molecule has 0 radical (unpaired) electrons. The highest BCUT2D eigenvalue weighted by Gasteiger charge is 2.11. The van der Waals surface area contributed by atoms with E-state index in [0.29, 0.717) is 17.1 Å². The molecule has 2 aromatic carbocycles. The number of nitrogens with zero attached hydrogens (tertiary/aromatic N) is 3. The number of aromatic nitrogens is 2. The van der Waals surface area contributed by atoms with Crippen LogP contribution in [0.5, 0.6) is 0 Å². The van der Waals surface area contributed by atoms with E-state index >= 15 is 0 Å². The maximum absolute atomic E-state index is 12.5. The van der Waals surface area contributed by atoms with Gasteiger partial charge in [0.2, 0.25) is 0 Å². The van der Waals surface area contributed by atoms with Gasteiger partial charge in [-0.2, -0.15) is 10.4 Å². The number of nitrogens with one attached hydrogen (secondary N) is 1. The molecule has 0 saturated carbocycles. The first kappa shape index (κ1) is 17.8. The second kappa shape index (κ2) is 7.89. The first-order valence-corrected chi connectivity index (χ1v) is 9.43. The Balaban J connectivity index is 1.82. The molecule has 3 aromatic rings. The van der Waals surface area contributed by atoms with Gasteiger partial charge < -0.3 is 5.32 Å². The molecule has 0 aliphatic carbocycles. The molecule has 1 N–H and O–H groups in total. The highest BCUT2D eigenvalue weighted by Crippen LogP contribution is 2.23. The summed E-state index contributed by atoms with van der Waals surface area (Å²) in [4.78, 5) is 0.803. The number of benzene rings is 2. The summed E-state index contributed by atoms with van der Waals surface area (Å²) in [5.74, 6) is 0.848. The zero-order valence-electron chi connectivity index (χ0n) is 14.6. The maximum atomic E-state index is 12.5. The highest BCUT2D eigenvalue weighted by atomic mass is 32.2. The molecule has 0 aliphatic heterocycles. The molecule has 1 unspecified atom stereocenters. The van der Waals surface area contributed by atoms with Crippen molar-refractivity contribution in [3.05, 3.63) is 77.0 Å². The van der Waals surface area contributed by atoms with Crippen molar-refractivity contribution in [2.75, 3.05) is 5.32 Å². The van der Waals surface area contributed by atoms with Gasteiger partial charge in [0.15, 0.2) is 5.82 Å². The summed E-state index contributed by atoms with van der Waals surface area (Å²) in [6, 6.07) is 19.2. The van der Waals surface area contributed by atoms with Crippen molar-refractivity contribution >= 4 is 22.3 Å². The van der Waals surface area contributed by atoms with Crippen LogP contribution in [0, 0.1) is 25.2 Å². The lowest BCUT2D eigenvalue weighted by Crippen LogP contribution is -2.04. The molecule has 0 saturated heterocycles. The summed E-state index contributed by atoms with van der Waals surface area (Å²) in [6.07, 6.45) is 0. The first-order chi connectivity index (χ1) is 12.6. The molecule has 0 fully saturated rings. The predicted molar refractivity (Wildman–Crippen MR) is 103 cm³/mol. The summed E-state index contributed by atoms with van der Waals surface area (Å²) in [5, 5.41) is 20.7. The second-order valence-corrected chi connectivity index (χ2v) is 7.33. The van der Waals surface area contributed by atoms with Crippen LogP contribution in [0.3, 0.4) is 0 Å². The molecule has 1 aromatic heterocycles. The van der Waals surface area contributed by atoms with Crippen LogP contribution in [0.2, 0.25) is 0 Å². The number of aryl methyl sites for hydroxylation is 1. The van der Waals surface area contributed by atoms with Crippen LogP contribution in [0.4, 0.5) is 11.5 Å². The number of rotatable bonds is 5. The van der Waals surface area contributed by atoms with Crippen LogP contribution < -0.4 is 5.32 Å². The van der Waals surface area contributed by atoms with Gasteiger partial charge in [-0.25, -0.2) is 0 Å². The van der Waals surface area contributed by atoms with E-state index in [2.05, 4.69) is 21.6 Å². The van der Waals surface area contributed by atoms with Crippen LogP contribution >= 0.6 is 0 Å². The number of hydrogen-bond donors (Lipinski definition) is 1. The van der Waals surface area contributed by atoms with Crippen LogP contribution in [0.15, 0.2) is 59.5 Å². The summed E-state index contributed by atoms with van der Waals surface area (Å²) in [6.45, 7) is 3.68. The van der Waals surface area contributed by atoms with Crippen LogP contribution in [-0.2, 0) is 16.6 Å². The Labute approximate surface area is 155 Å². The molecule has 0 aliphatic rings. The van der Waals surface area contributed by atoms with Gasteiger partial charge >= 0.3 is 0 Å². The minimum Gasteiger partial charge on any atom is -0.338 e. The Morgan fingerprint density at radius 1 is 1.08 bits per heavy atom. The average Bonchev–Trinajstić information content (AvgIpc) is 2.66. The van der Waals surface area contributed by atoms with Gasteiger partial charge in [0.05, 0.1) is 22.2 Å². The number of anilines is 2. The van der Waals surface area contributed by atoms with Gasteiger partial charge in [-0.1, -0.05) is 30.3 Å². The molecule has 0 bridgehead atoms. The van der Waals surface area contributed by atoms with Gasteiger partial charge in [0.1, 0.15) is 11.6 Å². The van der Waals surface area contributed by atoms with Gasteiger partial charge in [0, 0.05) is 10.6 Å². The Kier molecular flexibility index (Phi) is 5.40. The SMILES string of the molecule is Cc1nnc(Nc2cccc(CS(=O)c3ccccc3)c2)c(C#N)c1C. The van der Waals surface area contributed by atoms with E-state index in [1.165, 1.54) is 0 Å². The van der Waals surface area contributed by atoms with E-state index in [4.69, 9.17) is 0 Å². The average molecular weight is 362 g/mol. The molecule has 5 nitrogen and oxygen atoms in total. The third-order valence-electron chi connectivity index (χ3n) is 4.06. The van der Waals surface area contributed by atoms with E-state index in [1.807, 2.05) is 68.4 Å². The Bertz CT molecular complexity index is 996. The van der Waals surface area contributed by atoms with Gasteiger partial charge in [-0.3, -0.25) is 4.21 Å². The van der Waals surface area contributed by atoms with Crippen molar-refractivity contribution in [3.63, 3.8) is 0 Å². The lowest BCUT2D eigenvalue weighted by atomic mass is 10.1. The maximum Gasteiger partial charge on any atom is 0.171 e. The Morgan fingerprint density at radius 2 is 1.85 bits per heavy atom. The van der Waals surface area contributed by atoms with E-state index < -0.39 is 10.8 Å². The third-order valence-corrected chi connectivity index (χ3v) is 5.45.